The van der Waals surface area contributed by atoms with Crippen molar-refractivity contribution in [2.45, 2.75) is 46.6 Å². The molecule has 2 heterocycles. The third-order valence-corrected chi connectivity index (χ3v) is 5.38. The van der Waals surface area contributed by atoms with E-state index in [1.807, 2.05) is 29.2 Å². The van der Waals surface area contributed by atoms with Crippen LogP contribution in [0, 0.1) is 17.8 Å². The Hall–Kier alpha value is -2.37. The van der Waals surface area contributed by atoms with Gasteiger partial charge in [0.1, 0.15) is 5.82 Å². The molecule has 3 atom stereocenters. The highest BCUT2D eigenvalue weighted by Gasteiger charge is 2.36. The summed E-state index contributed by atoms with van der Waals surface area (Å²) < 4.78 is 0. The van der Waals surface area contributed by atoms with Gasteiger partial charge in [-0.2, -0.15) is 0 Å². The monoisotopic (exact) mass is 370 g/mol. The first-order valence-electron chi connectivity index (χ1n) is 9.91. The molecule has 1 fully saturated rings. The van der Waals surface area contributed by atoms with Crippen LogP contribution in [0.3, 0.4) is 0 Å². The number of likely N-dealkylation sites (tertiary alicyclic amines) is 1. The molecule has 0 spiro atoms. The maximum Gasteiger partial charge on any atom is 0.226 e. The number of nitrogens with one attached hydrogen (secondary N) is 2. The van der Waals surface area contributed by atoms with Crippen LogP contribution in [0.2, 0.25) is 0 Å². The van der Waals surface area contributed by atoms with Crippen LogP contribution in [-0.4, -0.2) is 39.8 Å². The van der Waals surface area contributed by atoms with E-state index in [1.54, 1.807) is 0 Å². The Labute approximate surface area is 160 Å². The van der Waals surface area contributed by atoms with E-state index in [4.69, 9.17) is 0 Å². The first kappa shape index (κ1) is 19.4. The standard InChI is InChI=1S/C21H30N4O2/c1-5-14(4)19(20-22-16-8-6-7-9-17(16)23-20)24-21(27)15-10-18(26)25(12-15)11-13(2)3/h6-9,13-15,19H,5,10-12H2,1-4H3,(H,22,23)(H,24,27)/t14-,15-,19+/m0/s1. The van der Waals surface area contributed by atoms with Gasteiger partial charge in [-0.3, -0.25) is 9.59 Å². The number of imidazole rings is 1. The van der Waals surface area contributed by atoms with Crippen molar-refractivity contribution < 1.29 is 9.59 Å². The van der Waals surface area contributed by atoms with Crippen LogP contribution in [0.15, 0.2) is 24.3 Å². The predicted molar refractivity (Wildman–Crippen MR) is 106 cm³/mol. The van der Waals surface area contributed by atoms with Crippen molar-refractivity contribution in [3.8, 4) is 0 Å². The second kappa shape index (κ2) is 8.11. The molecule has 6 nitrogen and oxygen atoms in total. The number of hydrogen-bond acceptors (Lipinski definition) is 3. The molecule has 1 aliphatic heterocycles. The van der Waals surface area contributed by atoms with Crippen LogP contribution >= 0.6 is 0 Å². The van der Waals surface area contributed by atoms with Crippen LogP contribution in [-0.2, 0) is 9.59 Å². The third kappa shape index (κ3) is 4.31. The molecule has 3 rings (SSSR count). The van der Waals surface area contributed by atoms with Gasteiger partial charge in [-0.1, -0.05) is 46.2 Å². The molecule has 0 aliphatic carbocycles. The number of carbonyl (C=O) groups excluding carboxylic acids is 2. The summed E-state index contributed by atoms with van der Waals surface area (Å²) >= 11 is 0. The first-order valence-corrected chi connectivity index (χ1v) is 9.91. The number of nitrogens with zero attached hydrogens (tertiary/aromatic N) is 2. The summed E-state index contributed by atoms with van der Waals surface area (Å²) in [5, 5.41) is 3.17. The van der Waals surface area contributed by atoms with E-state index >= 15 is 0 Å². The lowest BCUT2D eigenvalue weighted by atomic mass is 9.97. The van der Waals surface area contributed by atoms with Crippen LogP contribution in [0.4, 0.5) is 0 Å². The Morgan fingerprint density at radius 1 is 1.33 bits per heavy atom. The van der Waals surface area contributed by atoms with Gasteiger partial charge in [0.2, 0.25) is 11.8 Å². The molecular formula is C21H30N4O2. The minimum atomic E-state index is -0.285. The van der Waals surface area contributed by atoms with Gasteiger partial charge in [0, 0.05) is 19.5 Å². The fourth-order valence-corrected chi connectivity index (χ4v) is 3.67. The topological polar surface area (TPSA) is 78.1 Å². The van der Waals surface area contributed by atoms with Gasteiger partial charge in [0.05, 0.1) is 23.0 Å². The molecule has 0 unspecified atom stereocenters. The Balaban J connectivity index is 1.75. The minimum Gasteiger partial charge on any atom is -0.346 e. The molecule has 1 aliphatic rings. The summed E-state index contributed by atoms with van der Waals surface area (Å²) in [4.78, 5) is 35.0. The zero-order valence-electron chi connectivity index (χ0n) is 16.7. The normalized spacial score (nSPS) is 19.7. The smallest absolute Gasteiger partial charge is 0.226 e. The quantitative estimate of drug-likeness (QED) is 0.785. The van der Waals surface area contributed by atoms with Crippen molar-refractivity contribution >= 4 is 22.8 Å². The van der Waals surface area contributed by atoms with E-state index in [0.717, 1.165) is 23.3 Å². The molecule has 1 aromatic carbocycles. The highest BCUT2D eigenvalue weighted by atomic mass is 16.2. The highest BCUT2D eigenvalue weighted by molar-refractivity contribution is 5.89. The van der Waals surface area contributed by atoms with Gasteiger partial charge in [-0.15, -0.1) is 0 Å². The van der Waals surface area contributed by atoms with Crippen molar-refractivity contribution in [2.75, 3.05) is 13.1 Å². The number of aromatic nitrogens is 2. The Bertz CT molecular complexity index is 780. The maximum absolute atomic E-state index is 12.9. The lowest BCUT2D eigenvalue weighted by molar-refractivity contribution is -0.129. The molecule has 1 saturated heterocycles. The lowest BCUT2D eigenvalue weighted by Gasteiger charge is -2.24. The van der Waals surface area contributed by atoms with E-state index in [-0.39, 0.29) is 29.7 Å². The van der Waals surface area contributed by atoms with Crippen molar-refractivity contribution in [1.82, 2.24) is 20.2 Å². The molecule has 27 heavy (non-hydrogen) atoms. The third-order valence-electron chi connectivity index (χ3n) is 5.38. The molecule has 0 radical (unpaired) electrons. The van der Waals surface area contributed by atoms with E-state index < -0.39 is 0 Å². The fourth-order valence-electron chi connectivity index (χ4n) is 3.67. The van der Waals surface area contributed by atoms with Gasteiger partial charge in [-0.25, -0.2) is 4.98 Å². The first-order chi connectivity index (χ1) is 12.9. The summed E-state index contributed by atoms with van der Waals surface area (Å²) in [5.41, 5.74) is 1.86. The van der Waals surface area contributed by atoms with E-state index in [9.17, 15) is 9.59 Å². The molecule has 0 saturated carbocycles. The summed E-state index contributed by atoms with van der Waals surface area (Å²) in [6.07, 6.45) is 1.22. The minimum absolute atomic E-state index is 0.0552. The molecule has 146 valence electrons. The van der Waals surface area contributed by atoms with Crippen LogP contribution in [0.1, 0.15) is 52.4 Å². The lowest BCUT2D eigenvalue weighted by Crippen LogP contribution is -2.38. The number of aromatic amines is 1. The molecule has 2 N–H and O–H groups in total. The summed E-state index contributed by atoms with van der Waals surface area (Å²) in [7, 11) is 0. The SMILES string of the molecule is CC[C@H](C)[C@@H](NC(=O)[C@H]1CC(=O)N(CC(C)C)C1)c1nc2ccccc2[nH]1. The number of fused-ring (bicyclic) bond motifs is 1. The zero-order valence-corrected chi connectivity index (χ0v) is 16.7. The van der Waals surface area contributed by atoms with Gasteiger partial charge in [-0.05, 0) is 24.0 Å². The molecule has 2 amide bonds. The maximum atomic E-state index is 12.9. The van der Waals surface area contributed by atoms with E-state index in [0.29, 0.717) is 25.4 Å². The van der Waals surface area contributed by atoms with Crippen LogP contribution in [0.25, 0.3) is 11.0 Å². The van der Waals surface area contributed by atoms with Crippen molar-refractivity contribution in [3.05, 3.63) is 30.1 Å². The van der Waals surface area contributed by atoms with Gasteiger partial charge >= 0.3 is 0 Å². The number of rotatable bonds is 7. The molecule has 0 bridgehead atoms. The van der Waals surface area contributed by atoms with Gasteiger partial charge < -0.3 is 15.2 Å². The number of H-pyrrole nitrogens is 1. The highest BCUT2D eigenvalue weighted by Crippen LogP contribution is 2.26. The summed E-state index contributed by atoms with van der Waals surface area (Å²) in [6, 6.07) is 7.68. The fraction of sp³-hybridized carbons (Fsp3) is 0.571. The Kier molecular flexibility index (Phi) is 5.82. The Morgan fingerprint density at radius 2 is 2.07 bits per heavy atom. The second-order valence-corrected chi connectivity index (χ2v) is 8.10. The van der Waals surface area contributed by atoms with E-state index in [2.05, 4.69) is 43.0 Å². The van der Waals surface area contributed by atoms with Crippen molar-refractivity contribution in [2.24, 2.45) is 17.8 Å². The number of carbonyl (C=O) groups is 2. The van der Waals surface area contributed by atoms with Gasteiger partial charge in [0.15, 0.2) is 0 Å². The molecular weight excluding hydrogens is 340 g/mol. The average Bonchev–Trinajstić information content (AvgIpc) is 3.22. The predicted octanol–water partition coefficient (Wildman–Crippen LogP) is 3.27. The van der Waals surface area contributed by atoms with E-state index in [1.165, 1.54) is 0 Å². The van der Waals surface area contributed by atoms with Crippen LogP contribution < -0.4 is 5.32 Å². The largest absolute Gasteiger partial charge is 0.346 e. The Morgan fingerprint density at radius 3 is 2.74 bits per heavy atom. The zero-order chi connectivity index (χ0) is 19.6. The molecule has 6 heteroatoms. The number of amides is 2. The molecule has 1 aromatic heterocycles. The number of benzene rings is 1. The summed E-state index contributed by atoms with van der Waals surface area (Å²) in [6.45, 7) is 9.61. The van der Waals surface area contributed by atoms with Crippen LogP contribution in [0.5, 0.6) is 0 Å². The number of para-hydroxylation sites is 2. The average molecular weight is 370 g/mol. The molecule has 2 aromatic rings. The van der Waals surface area contributed by atoms with Crippen molar-refractivity contribution in [3.63, 3.8) is 0 Å². The summed E-state index contributed by atoms with van der Waals surface area (Å²) in [5.74, 6) is 1.15. The number of hydrogen-bond donors (Lipinski definition) is 2. The van der Waals surface area contributed by atoms with Gasteiger partial charge in [0.25, 0.3) is 0 Å². The van der Waals surface area contributed by atoms with Crippen molar-refractivity contribution in [1.29, 1.82) is 0 Å². The second-order valence-electron chi connectivity index (χ2n) is 8.10.